The van der Waals surface area contributed by atoms with Crippen LogP contribution >= 0.6 is 0 Å². The molecule has 5 heteroatoms. The molecule has 1 amide bonds. The number of nitrogens with one attached hydrogen (secondary N) is 1. The molecule has 0 aliphatic heterocycles. The van der Waals surface area contributed by atoms with E-state index in [1.165, 1.54) is 6.92 Å². The van der Waals surface area contributed by atoms with E-state index >= 15 is 0 Å². The number of hydrogen-bond donors (Lipinski definition) is 1. The van der Waals surface area contributed by atoms with Crippen LogP contribution in [0.2, 0.25) is 0 Å². The molecule has 0 unspecified atom stereocenters. The summed E-state index contributed by atoms with van der Waals surface area (Å²) in [5.41, 5.74) is 3.84. The Labute approximate surface area is 147 Å². The number of nitriles is 1. The van der Waals surface area contributed by atoms with E-state index in [9.17, 15) is 9.59 Å². The maximum Gasteiger partial charge on any atom is 0.311 e. The first-order chi connectivity index (χ1) is 11.9. The van der Waals surface area contributed by atoms with Crippen LogP contribution in [-0.4, -0.2) is 18.0 Å². The van der Waals surface area contributed by atoms with E-state index in [2.05, 4.69) is 5.32 Å². The maximum atomic E-state index is 12.2. The molecule has 128 valence electrons. The fourth-order valence-electron chi connectivity index (χ4n) is 2.30. The number of anilines is 1. The van der Waals surface area contributed by atoms with Crippen LogP contribution in [0.1, 0.15) is 29.2 Å². The van der Waals surface area contributed by atoms with Crippen molar-refractivity contribution in [1.82, 2.24) is 0 Å². The van der Waals surface area contributed by atoms with Crippen LogP contribution in [0, 0.1) is 25.2 Å². The van der Waals surface area contributed by atoms with E-state index < -0.39 is 18.0 Å². The zero-order valence-electron chi connectivity index (χ0n) is 14.5. The first-order valence-electron chi connectivity index (χ1n) is 7.96. The van der Waals surface area contributed by atoms with Gasteiger partial charge in [0, 0.05) is 0 Å². The predicted octanol–water partition coefficient (Wildman–Crippen LogP) is 3.29. The van der Waals surface area contributed by atoms with E-state index in [-0.39, 0.29) is 6.42 Å². The summed E-state index contributed by atoms with van der Waals surface area (Å²) in [6.07, 6.45) is -0.848. The van der Waals surface area contributed by atoms with Gasteiger partial charge in [0.25, 0.3) is 5.91 Å². The number of ether oxygens (including phenoxy) is 1. The van der Waals surface area contributed by atoms with Crippen molar-refractivity contribution in [2.75, 3.05) is 5.32 Å². The molecule has 0 aliphatic carbocycles. The Balaban J connectivity index is 1.95. The average molecular weight is 336 g/mol. The Kier molecular flexibility index (Phi) is 5.91. The van der Waals surface area contributed by atoms with Gasteiger partial charge in [0.2, 0.25) is 0 Å². The van der Waals surface area contributed by atoms with E-state index in [0.717, 1.165) is 16.7 Å². The second kappa shape index (κ2) is 8.11. The highest BCUT2D eigenvalue weighted by molar-refractivity contribution is 5.96. The van der Waals surface area contributed by atoms with E-state index in [0.29, 0.717) is 11.3 Å². The van der Waals surface area contributed by atoms with Crippen LogP contribution in [0.15, 0.2) is 42.5 Å². The van der Waals surface area contributed by atoms with E-state index in [4.69, 9.17) is 10.00 Å². The summed E-state index contributed by atoms with van der Waals surface area (Å²) >= 11 is 0. The first kappa shape index (κ1) is 18.2. The normalized spacial score (nSPS) is 11.3. The highest BCUT2D eigenvalue weighted by Crippen LogP contribution is 2.15. The smallest absolute Gasteiger partial charge is 0.311 e. The molecule has 1 atom stereocenters. The van der Waals surface area contributed by atoms with Gasteiger partial charge < -0.3 is 10.1 Å². The lowest BCUT2D eigenvalue weighted by Crippen LogP contribution is -2.30. The van der Waals surface area contributed by atoms with Gasteiger partial charge in [-0.15, -0.1) is 0 Å². The molecule has 0 aliphatic rings. The lowest BCUT2D eigenvalue weighted by Gasteiger charge is -2.14. The molecule has 0 bridgehead atoms. The monoisotopic (exact) mass is 336 g/mol. The fourth-order valence-corrected chi connectivity index (χ4v) is 2.30. The summed E-state index contributed by atoms with van der Waals surface area (Å²) in [5, 5.41) is 11.6. The standard InChI is InChI=1S/C20H20N2O3/c1-13-8-9-16(10-14(13)2)11-19(23)25-15(3)20(24)22-18-7-5-4-6-17(18)12-21/h4-10,15H,11H2,1-3H3,(H,22,24)/t15-/m0/s1. The number of aryl methyl sites for hydroxylation is 2. The molecule has 2 rings (SSSR count). The number of amides is 1. The third kappa shape index (κ3) is 4.92. The van der Waals surface area contributed by atoms with Gasteiger partial charge in [0.05, 0.1) is 17.7 Å². The van der Waals surface area contributed by atoms with Crippen molar-refractivity contribution in [2.45, 2.75) is 33.3 Å². The molecule has 0 saturated carbocycles. The second-order valence-corrected chi connectivity index (χ2v) is 5.87. The van der Waals surface area contributed by atoms with Crippen LogP contribution < -0.4 is 5.32 Å². The molecular weight excluding hydrogens is 316 g/mol. The number of nitrogens with zero attached hydrogens (tertiary/aromatic N) is 1. The Morgan fingerprint density at radius 1 is 1.16 bits per heavy atom. The lowest BCUT2D eigenvalue weighted by molar-refractivity contribution is -0.152. The van der Waals surface area contributed by atoms with E-state index in [1.54, 1.807) is 24.3 Å². The van der Waals surface area contributed by atoms with Crippen LogP contribution in [0.4, 0.5) is 5.69 Å². The molecular formula is C20H20N2O3. The first-order valence-corrected chi connectivity index (χ1v) is 7.96. The van der Waals surface area contributed by atoms with Gasteiger partial charge in [0.1, 0.15) is 6.07 Å². The number of esters is 1. The SMILES string of the molecule is Cc1ccc(CC(=O)O[C@@H](C)C(=O)Nc2ccccc2C#N)cc1C. The minimum atomic E-state index is -0.953. The molecule has 0 fully saturated rings. The van der Waals surface area contributed by atoms with E-state index in [1.807, 2.05) is 38.1 Å². The highest BCUT2D eigenvalue weighted by Gasteiger charge is 2.19. The topological polar surface area (TPSA) is 79.2 Å². The molecule has 2 aromatic carbocycles. The van der Waals surface area contributed by atoms with Gasteiger partial charge in [-0.05, 0) is 49.6 Å². The van der Waals surface area contributed by atoms with Crippen molar-refractivity contribution < 1.29 is 14.3 Å². The highest BCUT2D eigenvalue weighted by atomic mass is 16.5. The zero-order chi connectivity index (χ0) is 18.4. The predicted molar refractivity (Wildman–Crippen MR) is 95.0 cm³/mol. The van der Waals surface area contributed by atoms with Crippen LogP contribution in [0.3, 0.4) is 0 Å². The molecule has 0 aromatic heterocycles. The third-order valence-electron chi connectivity index (χ3n) is 3.90. The van der Waals surface area contributed by atoms with Crippen LogP contribution in [0.5, 0.6) is 0 Å². The number of carbonyl (C=O) groups excluding carboxylic acids is 2. The molecule has 1 N–H and O–H groups in total. The summed E-state index contributed by atoms with van der Waals surface area (Å²) in [7, 11) is 0. The molecule has 0 heterocycles. The maximum absolute atomic E-state index is 12.2. The second-order valence-electron chi connectivity index (χ2n) is 5.87. The Hall–Kier alpha value is -3.13. The summed E-state index contributed by atoms with van der Waals surface area (Å²) < 4.78 is 5.20. The Morgan fingerprint density at radius 2 is 1.88 bits per heavy atom. The van der Waals surface area contributed by atoms with Gasteiger partial charge in [-0.25, -0.2) is 0 Å². The minimum absolute atomic E-state index is 0.105. The number of carbonyl (C=O) groups is 2. The summed E-state index contributed by atoms with van der Waals surface area (Å²) in [5.74, 6) is -0.949. The molecule has 0 saturated heterocycles. The average Bonchev–Trinajstić information content (AvgIpc) is 2.58. The van der Waals surface area contributed by atoms with Crippen molar-refractivity contribution in [2.24, 2.45) is 0 Å². The molecule has 0 spiro atoms. The van der Waals surface area contributed by atoms with Gasteiger partial charge in [0.15, 0.2) is 6.10 Å². The van der Waals surface area contributed by atoms with Crippen LogP contribution in [0.25, 0.3) is 0 Å². The van der Waals surface area contributed by atoms with Crippen molar-refractivity contribution in [3.05, 3.63) is 64.7 Å². The number of rotatable bonds is 5. The lowest BCUT2D eigenvalue weighted by atomic mass is 10.0. The van der Waals surface area contributed by atoms with Gasteiger partial charge >= 0.3 is 5.97 Å². The van der Waals surface area contributed by atoms with Gasteiger partial charge in [-0.1, -0.05) is 30.3 Å². The molecule has 0 radical (unpaired) electrons. The fraction of sp³-hybridized carbons (Fsp3) is 0.250. The molecule has 2 aromatic rings. The number of para-hydroxylation sites is 1. The van der Waals surface area contributed by atoms with Crippen molar-refractivity contribution >= 4 is 17.6 Å². The summed E-state index contributed by atoms with van der Waals surface area (Å²) in [4.78, 5) is 24.2. The minimum Gasteiger partial charge on any atom is -0.452 e. The summed E-state index contributed by atoms with van der Waals surface area (Å²) in [6.45, 7) is 5.48. The van der Waals surface area contributed by atoms with Gasteiger partial charge in [-0.2, -0.15) is 5.26 Å². The van der Waals surface area contributed by atoms with Crippen LogP contribution in [-0.2, 0) is 20.7 Å². The summed E-state index contributed by atoms with van der Waals surface area (Å²) in [6, 6.07) is 14.4. The van der Waals surface area contributed by atoms with Crippen molar-refractivity contribution in [1.29, 1.82) is 5.26 Å². The Morgan fingerprint density at radius 3 is 2.56 bits per heavy atom. The molecule has 5 nitrogen and oxygen atoms in total. The van der Waals surface area contributed by atoms with Crippen molar-refractivity contribution in [3.63, 3.8) is 0 Å². The molecule has 25 heavy (non-hydrogen) atoms. The zero-order valence-corrected chi connectivity index (χ0v) is 14.5. The Bertz CT molecular complexity index is 837. The quantitative estimate of drug-likeness (QED) is 0.850. The third-order valence-corrected chi connectivity index (χ3v) is 3.90. The largest absolute Gasteiger partial charge is 0.452 e. The van der Waals surface area contributed by atoms with Crippen molar-refractivity contribution in [3.8, 4) is 6.07 Å². The van der Waals surface area contributed by atoms with Gasteiger partial charge in [-0.3, -0.25) is 9.59 Å². The number of hydrogen-bond acceptors (Lipinski definition) is 4. The number of benzene rings is 2.